The third-order valence-electron chi connectivity index (χ3n) is 13.2. The van der Waals surface area contributed by atoms with Gasteiger partial charge in [0.2, 0.25) is 17.8 Å². The van der Waals surface area contributed by atoms with E-state index in [-0.39, 0.29) is 71.6 Å². The standard InChI is InChI=1S/C45H52ClN9O7/c1-26(2)55-33-8-7-29(19-28(33)20-36(42(55)59)61-23-38(57)47-3)49-40-32(46)21-48-44(51-40)52-17-13-31(14-18-52)62-30-11-15-45(16-12-30)24-53(25-45)34-6-4-5-27-22-54(43(60)39(27)34)35-9-10-37(56)50-41(35)58/h4-8,19-21,26,30-31,35H,9-18,22-25H2,1-3H3,(H,47,57)(H,48,49,51)(H,50,56,58). The van der Waals surface area contributed by atoms with Crippen LogP contribution < -0.4 is 36.0 Å². The lowest BCUT2D eigenvalue weighted by Crippen LogP contribution is -2.58. The number of hydrogen-bond donors (Lipinski definition) is 3. The van der Waals surface area contributed by atoms with Crippen LogP contribution in [0, 0.1) is 5.41 Å². The number of imide groups is 1. The molecule has 3 saturated heterocycles. The van der Waals surface area contributed by atoms with Gasteiger partial charge in [-0.05, 0) is 94.7 Å². The first-order chi connectivity index (χ1) is 29.9. The van der Waals surface area contributed by atoms with Gasteiger partial charge >= 0.3 is 0 Å². The zero-order chi connectivity index (χ0) is 43.3. The van der Waals surface area contributed by atoms with Gasteiger partial charge in [-0.3, -0.25) is 29.3 Å². The summed E-state index contributed by atoms with van der Waals surface area (Å²) in [6.45, 7) is 7.26. The molecular formula is C45H52ClN9O7. The van der Waals surface area contributed by atoms with Gasteiger partial charge in [0.1, 0.15) is 11.1 Å². The highest BCUT2D eigenvalue weighted by atomic mass is 35.5. The van der Waals surface area contributed by atoms with Gasteiger partial charge in [0.25, 0.3) is 17.4 Å². The van der Waals surface area contributed by atoms with Gasteiger partial charge < -0.3 is 39.4 Å². The van der Waals surface area contributed by atoms with E-state index < -0.39 is 6.04 Å². The van der Waals surface area contributed by atoms with E-state index in [4.69, 9.17) is 26.1 Å². The molecule has 6 heterocycles. The summed E-state index contributed by atoms with van der Waals surface area (Å²) in [5.74, 6) is 0.00345. The highest BCUT2D eigenvalue weighted by molar-refractivity contribution is 6.33. The summed E-state index contributed by atoms with van der Waals surface area (Å²) in [5, 5.41) is 9.36. The van der Waals surface area contributed by atoms with Crippen LogP contribution in [0.1, 0.15) is 87.2 Å². The lowest BCUT2D eigenvalue weighted by atomic mass is 9.67. The normalized spacial score (nSPS) is 20.4. The average Bonchev–Trinajstić information content (AvgIpc) is 3.59. The van der Waals surface area contributed by atoms with Crippen molar-refractivity contribution in [1.29, 1.82) is 0 Å². The molecule has 5 aliphatic rings. The van der Waals surface area contributed by atoms with Crippen molar-refractivity contribution in [2.24, 2.45) is 5.41 Å². The second kappa shape index (κ2) is 16.9. The molecule has 2 aromatic carbocycles. The predicted molar refractivity (Wildman–Crippen MR) is 234 cm³/mol. The molecule has 4 aromatic rings. The molecule has 1 unspecified atom stereocenters. The van der Waals surface area contributed by atoms with Gasteiger partial charge in [-0.15, -0.1) is 0 Å². The van der Waals surface area contributed by atoms with Gasteiger partial charge in [0, 0.05) is 74.4 Å². The lowest BCUT2D eigenvalue weighted by Gasteiger charge is -2.55. The first-order valence-electron chi connectivity index (χ1n) is 21.6. The second-order valence-electron chi connectivity index (χ2n) is 17.6. The maximum atomic E-state index is 13.7. The maximum Gasteiger partial charge on any atom is 0.293 e. The summed E-state index contributed by atoms with van der Waals surface area (Å²) in [5.41, 5.74) is 3.92. The minimum Gasteiger partial charge on any atom is -0.478 e. The summed E-state index contributed by atoms with van der Waals surface area (Å²) < 4.78 is 14.0. The second-order valence-corrected chi connectivity index (χ2v) is 18.0. The molecule has 4 fully saturated rings. The molecule has 1 aliphatic carbocycles. The molecule has 16 nitrogen and oxygen atoms in total. The monoisotopic (exact) mass is 865 g/mol. The molecule has 0 bridgehead atoms. The van der Waals surface area contributed by atoms with Gasteiger partial charge in [-0.2, -0.15) is 4.98 Å². The van der Waals surface area contributed by atoms with Crippen molar-refractivity contribution in [2.45, 2.75) is 96.1 Å². The minimum absolute atomic E-state index is 0.0915. The zero-order valence-electron chi connectivity index (χ0n) is 35.2. The molecule has 4 amide bonds. The Morgan fingerprint density at radius 2 is 1.74 bits per heavy atom. The van der Waals surface area contributed by atoms with Crippen molar-refractivity contribution in [3.63, 3.8) is 0 Å². The minimum atomic E-state index is -0.620. The van der Waals surface area contributed by atoms with Gasteiger partial charge in [0.05, 0.1) is 29.5 Å². The predicted octanol–water partition coefficient (Wildman–Crippen LogP) is 5.09. The first kappa shape index (κ1) is 41.6. The number of rotatable bonds is 11. The number of nitrogens with zero attached hydrogens (tertiary/aromatic N) is 6. The number of fused-ring (bicyclic) bond motifs is 2. The van der Waals surface area contributed by atoms with Crippen LogP contribution in [0.3, 0.4) is 0 Å². The molecule has 1 saturated carbocycles. The Hall–Kier alpha value is -5.74. The molecule has 0 radical (unpaired) electrons. The van der Waals surface area contributed by atoms with Crippen LogP contribution in [0.4, 0.5) is 23.1 Å². The number of hydrogen-bond acceptors (Lipinski definition) is 12. The van der Waals surface area contributed by atoms with Crippen LogP contribution in [-0.4, -0.2) is 101 Å². The van der Waals surface area contributed by atoms with Gasteiger partial charge in [-0.1, -0.05) is 23.7 Å². The molecule has 9 rings (SSSR count). The average molecular weight is 866 g/mol. The fourth-order valence-electron chi connectivity index (χ4n) is 9.88. The molecule has 1 atom stereocenters. The van der Waals surface area contributed by atoms with Crippen molar-refractivity contribution in [2.75, 3.05) is 55.0 Å². The summed E-state index contributed by atoms with van der Waals surface area (Å²) in [6, 6.07) is 12.5. The third kappa shape index (κ3) is 8.05. The van der Waals surface area contributed by atoms with Crippen molar-refractivity contribution in [3.05, 3.63) is 75.2 Å². The third-order valence-corrected chi connectivity index (χ3v) is 13.5. The first-order valence-corrected chi connectivity index (χ1v) is 22.0. The van der Waals surface area contributed by atoms with Gasteiger partial charge in [0.15, 0.2) is 18.2 Å². The van der Waals surface area contributed by atoms with Crippen LogP contribution in [0.15, 0.2) is 53.5 Å². The summed E-state index contributed by atoms with van der Waals surface area (Å²) in [6.07, 6.45) is 8.47. The van der Waals surface area contributed by atoms with Gasteiger partial charge in [-0.25, -0.2) is 4.98 Å². The van der Waals surface area contributed by atoms with E-state index in [9.17, 15) is 24.0 Å². The van der Waals surface area contributed by atoms with E-state index >= 15 is 0 Å². The molecule has 326 valence electrons. The number of carbonyl (C=O) groups is 4. The fraction of sp³-hybridized carbons (Fsp3) is 0.489. The highest BCUT2D eigenvalue weighted by Gasteiger charge is 2.48. The Balaban J connectivity index is 0.772. The number of carbonyl (C=O) groups excluding carboxylic acids is 4. The van der Waals surface area contributed by atoms with E-state index in [1.54, 1.807) is 21.7 Å². The summed E-state index contributed by atoms with van der Waals surface area (Å²) in [4.78, 5) is 78.6. The largest absolute Gasteiger partial charge is 0.478 e. The Labute approximate surface area is 364 Å². The molecular weight excluding hydrogens is 814 g/mol. The Kier molecular flexibility index (Phi) is 11.3. The van der Waals surface area contributed by atoms with E-state index in [0.29, 0.717) is 41.0 Å². The van der Waals surface area contributed by atoms with Crippen molar-refractivity contribution < 1.29 is 28.7 Å². The van der Waals surface area contributed by atoms with Crippen molar-refractivity contribution >= 4 is 69.3 Å². The molecule has 2 aromatic heterocycles. The fourth-order valence-corrected chi connectivity index (χ4v) is 10.0. The molecule has 17 heteroatoms. The Morgan fingerprint density at radius 3 is 2.47 bits per heavy atom. The molecule has 4 aliphatic heterocycles. The van der Waals surface area contributed by atoms with E-state index in [1.807, 2.05) is 50.2 Å². The number of ether oxygens (including phenoxy) is 2. The smallest absolute Gasteiger partial charge is 0.293 e. The number of piperidine rings is 2. The number of nitrogens with one attached hydrogen (secondary N) is 3. The molecule has 3 N–H and O–H groups in total. The Bertz CT molecular complexity index is 2490. The van der Waals surface area contributed by atoms with Crippen molar-refractivity contribution in [1.82, 2.24) is 30.1 Å². The van der Waals surface area contributed by atoms with Crippen LogP contribution in [0.2, 0.25) is 5.02 Å². The Morgan fingerprint density at radius 1 is 0.984 bits per heavy atom. The number of aromatic nitrogens is 3. The number of amides is 4. The van der Waals surface area contributed by atoms with Crippen molar-refractivity contribution in [3.8, 4) is 5.75 Å². The number of anilines is 4. The highest BCUT2D eigenvalue weighted by Crippen LogP contribution is 2.48. The quantitative estimate of drug-likeness (QED) is 0.170. The SMILES string of the molecule is CNC(=O)COc1cc2cc(Nc3nc(N4CCC(OC5CCC6(CC5)CN(c5cccc7c5C(=O)N(C5CCC(=O)NC5=O)C7)C6)CC4)ncc3Cl)ccc2n(C(C)C)c1=O. The van der Waals surface area contributed by atoms with E-state index in [1.165, 1.54) is 7.05 Å². The van der Waals surface area contributed by atoms with Crippen LogP contribution in [0.5, 0.6) is 5.75 Å². The maximum absolute atomic E-state index is 13.7. The summed E-state index contributed by atoms with van der Waals surface area (Å²) in [7, 11) is 1.51. The van der Waals surface area contributed by atoms with Crippen LogP contribution in [-0.2, 0) is 25.7 Å². The van der Waals surface area contributed by atoms with Crippen LogP contribution in [0.25, 0.3) is 10.9 Å². The zero-order valence-corrected chi connectivity index (χ0v) is 36.0. The molecule has 1 spiro atoms. The number of pyridine rings is 1. The molecule has 62 heavy (non-hydrogen) atoms. The number of benzene rings is 2. The number of likely N-dealkylation sites (N-methyl/N-ethyl adjacent to an activating group) is 1. The lowest BCUT2D eigenvalue weighted by molar-refractivity contribution is -0.137. The topological polar surface area (TPSA) is 180 Å². The van der Waals surface area contributed by atoms with Crippen LogP contribution >= 0.6 is 11.6 Å². The summed E-state index contributed by atoms with van der Waals surface area (Å²) >= 11 is 6.61. The van der Waals surface area contributed by atoms with E-state index in [0.717, 1.165) is 86.9 Å². The number of halogens is 1. The van der Waals surface area contributed by atoms with E-state index in [2.05, 4.69) is 30.7 Å².